The Morgan fingerprint density at radius 2 is 1.88 bits per heavy atom. The van der Waals surface area contributed by atoms with Crippen LogP contribution in [0.1, 0.15) is 16.7 Å². The second-order valence-corrected chi connectivity index (χ2v) is 11.6. The van der Waals surface area contributed by atoms with E-state index in [-0.39, 0.29) is 33.8 Å². The van der Waals surface area contributed by atoms with Gasteiger partial charge in [0.05, 0.1) is 40.2 Å². The fourth-order valence-electron chi connectivity index (χ4n) is 3.75. The molecule has 0 unspecified atom stereocenters. The number of benzene rings is 2. The molecule has 2 aliphatic heterocycles. The summed E-state index contributed by atoms with van der Waals surface area (Å²) in [5.41, 5.74) is 0.856. The fourth-order valence-corrected chi connectivity index (χ4v) is 7.88. The van der Waals surface area contributed by atoms with Crippen LogP contribution in [0, 0.1) is 6.92 Å². The van der Waals surface area contributed by atoms with Crippen molar-refractivity contribution in [2.75, 3.05) is 16.4 Å². The molecule has 0 bridgehead atoms. The Kier molecular flexibility index (Phi) is 6.06. The van der Waals surface area contributed by atoms with E-state index in [9.17, 15) is 26.4 Å². The third-order valence-electron chi connectivity index (χ3n) is 5.30. The van der Waals surface area contributed by atoms with Crippen molar-refractivity contribution in [2.24, 2.45) is 4.99 Å². The van der Waals surface area contributed by atoms with Crippen LogP contribution in [0.5, 0.6) is 0 Å². The van der Waals surface area contributed by atoms with Crippen LogP contribution in [0.2, 0.25) is 5.02 Å². The van der Waals surface area contributed by atoms with Crippen LogP contribution < -0.4 is 4.90 Å². The zero-order valence-corrected chi connectivity index (χ0v) is 19.2. The van der Waals surface area contributed by atoms with E-state index in [4.69, 9.17) is 11.6 Å². The van der Waals surface area contributed by atoms with E-state index in [0.717, 1.165) is 41.1 Å². The molecule has 2 heterocycles. The standard InChI is InChI=1S/C21H18ClF3N2O3S2/c1-12-2-4-13(5-3-12)8-19(28)26-20-27(17-10-32(29,30)11-18(17)31-20)16-9-14(21(23,24)25)6-7-15(16)22/h2-7,9,17-18H,8,10-11H2,1H3/t17-,18+/m1/s1. The van der Waals surface area contributed by atoms with Gasteiger partial charge < -0.3 is 4.90 Å². The zero-order chi connectivity index (χ0) is 23.3. The molecule has 2 aromatic rings. The number of hydrogen-bond donors (Lipinski definition) is 0. The lowest BCUT2D eigenvalue weighted by Gasteiger charge is -2.26. The van der Waals surface area contributed by atoms with E-state index in [1.54, 1.807) is 12.1 Å². The summed E-state index contributed by atoms with van der Waals surface area (Å²) < 4.78 is 64.3. The lowest BCUT2D eigenvalue weighted by atomic mass is 10.1. The van der Waals surface area contributed by atoms with Gasteiger partial charge >= 0.3 is 6.18 Å². The van der Waals surface area contributed by atoms with E-state index in [2.05, 4.69) is 4.99 Å². The molecule has 4 rings (SSSR count). The Morgan fingerprint density at radius 3 is 2.53 bits per heavy atom. The summed E-state index contributed by atoms with van der Waals surface area (Å²) in [6.07, 6.45) is -4.59. The average molecular weight is 503 g/mol. The lowest BCUT2D eigenvalue weighted by molar-refractivity contribution is -0.137. The Bertz CT molecular complexity index is 1200. The summed E-state index contributed by atoms with van der Waals surface area (Å²) in [5, 5.41) is -0.271. The molecule has 11 heteroatoms. The van der Waals surface area contributed by atoms with Crippen molar-refractivity contribution in [3.63, 3.8) is 0 Å². The highest BCUT2D eigenvalue weighted by Crippen LogP contribution is 2.44. The summed E-state index contributed by atoms with van der Waals surface area (Å²) in [6.45, 7) is 1.92. The smallest absolute Gasteiger partial charge is 0.314 e. The van der Waals surface area contributed by atoms with Gasteiger partial charge in [-0.25, -0.2) is 8.42 Å². The van der Waals surface area contributed by atoms with Gasteiger partial charge in [0.15, 0.2) is 15.0 Å². The number of aryl methyl sites for hydroxylation is 1. The first kappa shape index (κ1) is 23.1. The Labute approximate surface area is 192 Å². The lowest BCUT2D eigenvalue weighted by Crippen LogP contribution is -2.38. The highest BCUT2D eigenvalue weighted by atomic mass is 35.5. The molecule has 0 saturated carbocycles. The number of amidine groups is 1. The first-order chi connectivity index (χ1) is 14.9. The highest BCUT2D eigenvalue weighted by molar-refractivity contribution is 8.16. The maximum Gasteiger partial charge on any atom is 0.416 e. The van der Waals surface area contributed by atoms with Crippen molar-refractivity contribution < 1.29 is 26.4 Å². The number of rotatable bonds is 3. The van der Waals surface area contributed by atoms with Crippen LogP contribution in [0.3, 0.4) is 0 Å². The molecular weight excluding hydrogens is 485 g/mol. The minimum Gasteiger partial charge on any atom is -0.314 e. The molecule has 5 nitrogen and oxygen atoms in total. The number of sulfone groups is 1. The zero-order valence-electron chi connectivity index (χ0n) is 16.8. The normalized spacial score (nSPS) is 23.5. The van der Waals surface area contributed by atoms with Gasteiger partial charge in [-0.05, 0) is 30.7 Å². The van der Waals surface area contributed by atoms with Crippen LogP contribution >= 0.6 is 23.4 Å². The molecule has 0 radical (unpaired) electrons. The van der Waals surface area contributed by atoms with Gasteiger partial charge in [-0.15, -0.1) is 0 Å². The SMILES string of the molecule is Cc1ccc(CC(=O)N=C2S[C@H]3CS(=O)(=O)C[C@H]3N2c2cc(C(F)(F)F)ccc2Cl)cc1. The first-order valence-corrected chi connectivity index (χ1v) is 12.7. The fraction of sp³-hybridized carbons (Fsp3) is 0.333. The summed E-state index contributed by atoms with van der Waals surface area (Å²) >= 11 is 7.31. The summed E-state index contributed by atoms with van der Waals surface area (Å²) in [5.74, 6) is -0.865. The third-order valence-corrected chi connectivity index (χ3v) is 8.83. The molecule has 2 fully saturated rings. The van der Waals surface area contributed by atoms with Crippen molar-refractivity contribution in [3.05, 3.63) is 64.2 Å². The molecule has 0 aliphatic carbocycles. The second-order valence-electron chi connectivity index (χ2n) is 7.78. The van der Waals surface area contributed by atoms with Crippen molar-refractivity contribution in [2.45, 2.75) is 30.8 Å². The van der Waals surface area contributed by atoms with Crippen molar-refractivity contribution >= 4 is 50.0 Å². The van der Waals surface area contributed by atoms with Gasteiger partial charge in [0, 0.05) is 5.25 Å². The minimum atomic E-state index is -4.61. The quantitative estimate of drug-likeness (QED) is 0.617. The number of carbonyl (C=O) groups is 1. The number of hydrogen-bond acceptors (Lipinski definition) is 4. The van der Waals surface area contributed by atoms with Crippen LogP contribution in [0.15, 0.2) is 47.5 Å². The monoisotopic (exact) mass is 502 g/mol. The van der Waals surface area contributed by atoms with E-state index in [1.165, 1.54) is 4.90 Å². The number of alkyl halides is 3. The maximum atomic E-state index is 13.3. The Hall–Kier alpha value is -2.04. The number of thioether (sulfide) groups is 1. The number of nitrogens with zero attached hydrogens (tertiary/aromatic N) is 2. The summed E-state index contributed by atoms with van der Waals surface area (Å²) in [7, 11) is -3.37. The third kappa shape index (κ3) is 4.82. The molecule has 2 saturated heterocycles. The van der Waals surface area contributed by atoms with Gasteiger partial charge in [0.1, 0.15) is 0 Å². The number of aliphatic imine (C=N–C) groups is 1. The molecule has 0 N–H and O–H groups in total. The van der Waals surface area contributed by atoms with Crippen LogP contribution in [0.4, 0.5) is 18.9 Å². The van der Waals surface area contributed by atoms with E-state index < -0.39 is 38.8 Å². The summed E-state index contributed by atoms with van der Waals surface area (Å²) in [4.78, 5) is 18.2. The molecular formula is C21H18ClF3N2O3S2. The molecule has 0 spiro atoms. The first-order valence-electron chi connectivity index (χ1n) is 9.63. The highest BCUT2D eigenvalue weighted by Gasteiger charge is 2.50. The number of amides is 1. The number of anilines is 1. The Morgan fingerprint density at radius 1 is 1.19 bits per heavy atom. The predicted molar refractivity (Wildman–Crippen MR) is 120 cm³/mol. The van der Waals surface area contributed by atoms with Gasteiger partial charge in [0.2, 0.25) is 0 Å². The molecule has 2 atom stereocenters. The maximum absolute atomic E-state index is 13.3. The van der Waals surface area contributed by atoms with Crippen LogP contribution in [0.25, 0.3) is 0 Å². The number of fused-ring (bicyclic) bond motifs is 1. The molecule has 170 valence electrons. The molecule has 32 heavy (non-hydrogen) atoms. The van der Waals surface area contributed by atoms with Crippen LogP contribution in [-0.4, -0.2) is 42.3 Å². The topological polar surface area (TPSA) is 66.8 Å². The van der Waals surface area contributed by atoms with Gasteiger partial charge in [-0.1, -0.05) is 53.2 Å². The summed E-state index contributed by atoms with van der Waals surface area (Å²) in [6, 6.07) is 9.53. The number of carbonyl (C=O) groups excluding carboxylic acids is 1. The molecule has 2 aromatic carbocycles. The molecule has 2 aliphatic rings. The van der Waals surface area contributed by atoms with Gasteiger partial charge in [0.25, 0.3) is 5.91 Å². The van der Waals surface area contributed by atoms with Crippen molar-refractivity contribution in [1.82, 2.24) is 0 Å². The largest absolute Gasteiger partial charge is 0.416 e. The Balaban J connectivity index is 1.71. The van der Waals surface area contributed by atoms with Gasteiger partial charge in [-0.2, -0.15) is 18.2 Å². The van der Waals surface area contributed by atoms with Crippen molar-refractivity contribution in [1.29, 1.82) is 0 Å². The van der Waals surface area contributed by atoms with Gasteiger partial charge in [-0.3, -0.25) is 4.79 Å². The predicted octanol–water partition coefficient (Wildman–Crippen LogP) is 4.51. The molecule has 0 aromatic heterocycles. The van der Waals surface area contributed by atoms with E-state index >= 15 is 0 Å². The minimum absolute atomic E-state index is 0.0134. The molecule has 1 amide bonds. The van der Waals surface area contributed by atoms with E-state index in [0.29, 0.717) is 0 Å². The van der Waals surface area contributed by atoms with Crippen molar-refractivity contribution in [3.8, 4) is 0 Å². The second kappa shape index (κ2) is 8.39. The number of halogens is 4. The average Bonchev–Trinajstić information content (AvgIpc) is 3.14. The van der Waals surface area contributed by atoms with Crippen LogP contribution in [-0.2, 0) is 27.2 Å². The van der Waals surface area contributed by atoms with E-state index in [1.807, 2.05) is 19.1 Å².